The van der Waals surface area contributed by atoms with Crippen molar-refractivity contribution in [3.63, 3.8) is 0 Å². The van der Waals surface area contributed by atoms with Gasteiger partial charge in [-0.2, -0.15) is 0 Å². The molecule has 1 fully saturated rings. The molecule has 0 saturated carbocycles. The van der Waals surface area contributed by atoms with Crippen molar-refractivity contribution in [3.8, 4) is 5.75 Å². The van der Waals surface area contributed by atoms with Gasteiger partial charge < -0.3 is 15.0 Å². The van der Waals surface area contributed by atoms with E-state index in [9.17, 15) is 4.79 Å². The maximum Gasteiger partial charge on any atom is 0.254 e. The van der Waals surface area contributed by atoms with Crippen LogP contribution in [0.2, 0.25) is 0 Å². The molecular weight excluding hydrogens is 276 g/mol. The number of ether oxygens (including phenoxy) is 1. The lowest BCUT2D eigenvalue weighted by Gasteiger charge is -2.32. The SMILES string of the molecule is CCCOc1cccc(C(=O)N2CCN[C@H](C)C2)c1.Cl. The molecule has 1 heterocycles. The van der Waals surface area contributed by atoms with Crippen LogP contribution in [0.15, 0.2) is 24.3 Å². The molecule has 0 spiro atoms. The van der Waals surface area contributed by atoms with E-state index in [0.717, 1.165) is 31.8 Å². The van der Waals surface area contributed by atoms with Gasteiger partial charge in [0.25, 0.3) is 5.91 Å². The number of nitrogens with one attached hydrogen (secondary N) is 1. The molecule has 1 aliphatic heterocycles. The van der Waals surface area contributed by atoms with E-state index < -0.39 is 0 Å². The van der Waals surface area contributed by atoms with E-state index in [1.807, 2.05) is 29.2 Å². The number of piperazine rings is 1. The first-order valence-electron chi connectivity index (χ1n) is 6.96. The van der Waals surface area contributed by atoms with Crippen molar-refractivity contribution in [2.75, 3.05) is 26.2 Å². The van der Waals surface area contributed by atoms with Crippen molar-refractivity contribution in [1.82, 2.24) is 10.2 Å². The average Bonchev–Trinajstić information content (AvgIpc) is 2.44. The number of amides is 1. The van der Waals surface area contributed by atoms with Gasteiger partial charge in [0.1, 0.15) is 5.75 Å². The molecule has 112 valence electrons. The van der Waals surface area contributed by atoms with Gasteiger partial charge in [-0.15, -0.1) is 12.4 Å². The first-order valence-corrected chi connectivity index (χ1v) is 6.96. The van der Waals surface area contributed by atoms with Crippen LogP contribution in [0, 0.1) is 0 Å². The number of hydrogen-bond acceptors (Lipinski definition) is 3. The molecule has 1 aromatic rings. The average molecular weight is 299 g/mol. The summed E-state index contributed by atoms with van der Waals surface area (Å²) in [4.78, 5) is 14.3. The number of carbonyl (C=O) groups is 1. The zero-order chi connectivity index (χ0) is 13.7. The van der Waals surface area contributed by atoms with Crippen LogP contribution in [0.25, 0.3) is 0 Å². The normalized spacial score (nSPS) is 18.3. The predicted octanol–water partition coefficient (Wildman–Crippen LogP) is 2.33. The predicted molar refractivity (Wildman–Crippen MR) is 82.8 cm³/mol. The number of carbonyl (C=O) groups excluding carboxylic acids is 1. The van der Waals surface area contributed by atoms with E-state index in [0.29, 0.717) is 18.2 Å². The second-order valence-corrected chi connectivity index (χ2v) is 4.98. The van der Waals surface area contributed by atoms with Crippen LogP contribution in [0.5, 0.6) is 5.75 Å². The second kappa shape index (κ2) is 8.12. The summed E-state index contributed by atoms with van der Waals surface area (Å²) in [6.45, 7) is 7.24. The Morgan fingerprint density at radius 1 is 1.50 bits per heavy atom. The zero-order valence-electron chi connectivity index (χ0n) is 12.1. The molecule has 1 atom stereocenters. The van der Waals surface area contributed by atoms with Crippen molar-refractivity contribution < 1.29 is 9.53 Å². The number of nitrogens with zero attached hydrogens (tertiary/aromatic N) is 1. The van der Waals surface area contributed by atoms with Crippen molar-refractivity contribution >= 4 is 18.3 Å². The Kier molecular flexibility index (Phi) is 6.82. The molecule has 0 bridgehead atoms. The summed E-state index contributed by atoms with van der Waals surface area (Å²) in [5, 5.41) is 3.34. The van der Waals surface area contributed by atoms with Crippen LogP contribution in [-0.2, 0) is 0 Å². The van der Waals surface area contributed by atoms with Gasteiger partial charge in [-0.1, -0.05) is 13.0 Å². The minimum Gasteiger partial charge on any atom is -0.494 e. The zero-order valence-corrected chi connectivity index (χ0v) is 12.9. The molecule has 1 amide bonds. The molecule has 1 saturated heterocycles. The van der Waals surface area contributed by atoms with Crippen molar-refractivity contribution in [1.29, 1.82) is 0 Å². The van der Waals surface area contributed by atoms with Crippen LogP contribution in [-0.4, -0.2) is 43.1 Å². The third kappa shape index (κ3) is 4.39. The number of halogens is 1. The third-order valence-electron chi connectivity index (χ3n) is 3.21. The highest BCUT2D eigenvalue weighted by molar-refractivity contribution is 5.94. The van der Waals surface area contributed by atoms with Crippen molar-refractivity contribution in [2.45, 2.75) is 26.3 Å². The minimum absolute atomic E-state index is 0. The Bertz CT molecular complexity index is 440. The number of hydrogen-bond donors (Lipinski definition) is 1. The second-order valence-electron chi connectivity index (χ2n) is 4.98. The first-order chi connectivity index (χ1) is 9.20. The molecule has 1 aromatic carbocycles. The monoisotopic (exact) mass is 298 g/mol. The summed E-state index contributed by atoms with van der Waals surface area (Å²) in [6, 6.07) is 7.83. The number of rotatable bonds is 4. The lowest BCUT2D eigenvalue weighted by molar-refractivity contribution is 0.0708. The summed E-state index contributed by atoms with van der Waals surface area (Å²) < 4.78 is 5.57. The first kappa shape index (κ1) is 16.8. The van der Waals surface area contributed by atoms with E-state index in [4.69, 9.17) is 4.74 Å². The van der Waals surface area contributed by atoms with Gasteiger partial charge in [0.2, 0.25) is 0 Å². The van der Waals surface area contributed by atoms with E-state index in [1.165, 1.54) is 0 Å². The van der Waals surface area contributed by atoms with Crippen LogP contribution in [0.1, 0.15) is 30.6 Å². The molecule has 4 nitrogen and oxygen atoms in total. The maximum absolute atomic E-state index is 12.4. The fourth-order valence-corrected chi connectivity index (χ4v) is 2.24. The van der Waals surface area contributed by atoms with Gasteiger partial charge in [0.15, 0.2) is 0 Å². The maximum atomic E-state index is 12.4. The van der Waals surface area contributed by atoms with E-state index >= 15 is 0 Å². The van der Waals surface area contributed by atoms with Crippen molar-refractivity contribution in [2.24, 2.45) is 0 Å². The Hall–Kier alpha value is -1.26. The molecule has 0 aromatic heterocycles. The molecule has 0 aliphatic carbocycles. The number of benzene rings is 1. The van der Waals surface area contributed by atoms with Gasteiger partial charge in [0.05, 0.1) is 6.61 Å². The summed E-state index contributed by atoms with van der Waals surface area (Å²) in [5.41, 5.74) is 0.711. The third-order valence-corrected chi connectivity index (χ3v) is 3.21. The summed E-state index contributed by atoms with van der Waals surface area (Å²) in [5.74, 6) is 0.867. The quantitative estimate of drug-likeness (QED) is 0.927. The van der Waals surface area contributed by atoms with Crippen molar-refractivity contribution in [3.05, 3.63) is 29.8 Å². The molecule has 1 N–H and O–H groups in total. The summed E-state index contributed by atoms with van der Waals surface area (Å²) >= 11 is 0. The van der Waals surface area contributed by atoms with Crippen LogP contribution >= 0.6 is 12.4 Å². The highest BCUT2D eigenvalue weighted by Crippen LogP contribution is 2.16. The smallest absolute Gasteiger partial charge is 0.254 e. The highest BCUT2D eigenvalue weighted by Gasteiger charge is 2.21. The highest BCUT2D eigenvalue weighted by atomic mass is 35.5. The molecule has 5 heteroatoms. The Morgan fingerprint density at radius 2 is 2.30 bits per heavy atom. The van der Waals surface area contributed by atoms with Gasteiger partial charge in [-0.3, -0.25) is 4.79 Å². The fraction of sp³-hybridized carbons (Fsp3) is 0.533. The summed E-state index contributed by atoms with van der Waals surface area (Å²) in [7, 11) is 0. The van der Waals surface area contributed by atoms with E-state index in [2.05, 4.69) is 19.2 Å². The van der Waals surface area contributed by atoms with Gasteiger partial charge in [0, 0.05) is 31.2 Å². The van der Waals surface area contributed by atoms with E-state index in [1.54, 1.807) is 0 Å². The fourth-order valence-electron chi connectivity index (χ4n) is 2.24. The molecule has 20 heavy (non-hydrogen) atoms. The largest absolute Gasteiger partial charge is 0.494 e. The molecule has 1 aliphatic rings. The van der Waals surface area contributed by atoms with Crippen LogP contribution < -0.4 is 10.1 Å². The van der Waals surface area contributed by atoms with Crippen LogP contribution in [0.3, 0.4) is 0 Å². The molecular formula is C15H23ClN2O2. The standard InChI is InChI=1S/C15H22N2O2.ClH/c1-3-9-19-14-6-4-5-13(10-14)15(18)17-8-7-16-12(2)11-17;/h4-6,10,12,16H,3,7-9,11H2,1-2H3;1H/t12-;/m1./s1. The van der Waals surface area contributed by atoms with Gasteiger partial charge in [-0.05, 0) is 31.5 Å². The topological polar surface area (TPSA) is 41.6 Å². The Balaban J connectivity index is 0.00000200. The lowest BCUT2D eigenvalue weighted by Crippen LogP contribution is -2.51. The minimum atomic E-state index is 0. The molecule has 0 radical (unpaired) electrons. The molecule has 0 unspecified atom stereocenters. The van der Waals surface area contributed by atoms with Crippen LogP contribution in [0.4, 0.5) is 0 Å². The lowest BCUT2D eigenvalue weighted by atomic mass is 10.1. The Morgan fingerprint density at radius 3 is 3.00 bits per heavy atom. The van der Waals surface area contributed by atoms with Gasteiger partial charge in [-0.25, -0.2) is 0 Å². The van der Waals surface area contributed by atoms with E-state index in [-0.39, 0.29) is 18.3 Å². The van der Waals surface area contributed by atoms with Gasteiger partial charge >= 0.3 is 0 Å². The summed E-state index contributed by atoms with van der Waals surface area (Å²) in [6.07, 6.45) is 0.966. The Labute approximate surface area is 126 Å². The molecule has 2 rings (SSSR count).